The van der Waals surface area contributed by atoms with Crippen molar-refractivity contribution < 1.29 is 14.3 Å². The number of nitrogens with one attached hydrogen (secondary N) is 1. The lowest BCUT2D eigenvalue weighted by molar-refractivity contribution is 0.217. The number of para-hydroxylation sites is 1. The summed E-state index contributed by atoms with van der Waals surface area (Å²) in [7, 11) is 1.62. The van der Waals surface area contributed by atoms with Gasteiger partial charge in [-0.15, -0.1) is 0 Å². The lowest BCUT2D eigenvalue weighted by Crippen LogP contribution is -2.45. The summed E-state index contributed by atoms with van der Waals surface area (Å²) in [5.74, 6) is 1.50. The minimum Gasteiger partial charge on any atom is -0.496 e. The number of rotatable bonds is 2. The Hall–Kier alpha value is -2.34. The molecule has 0 radical (unpaired) electrons. The van der Waals surface area contributed by atoms with Gasteiger partial charge in [-0.2, -0.15) is 4.99 Å². The van der Waals surface area contributed by atoms with Crippen LogP contribution in [-0.4, -0.2) is 25.5 Å². The summed E-state index contributed by atoms with van der Waals surface area (Å²) in [6, 6.07) is 13.0. The van der Waals surface area contributed by atoms with Crippen molar-refractivity contribution in [3.05, 3.63) is 58.1 Å². The van der Waals surface area contributed by atoms with Crippen LogP contribution in [0.1, 0.15) is 17.2 Å². The smallest absolute Gasteiger partial charge is 0.341 e. The Morgan fingerprint density at radius 3 is 2.92 bits per heavy atom. The fourth-order valence-electron chi connectivity index (χ4n) is 3.23. The van der Waals surface area contributed by atoms with E-state index >= 15 is 0 Å². The van der Waals surface area contributed by atoms with Gasteiger partial charge < -0.3 is 14.8 Å². The molecule has 2 atom stereocenters. The van der Waals surface area contributed by atoms with Crippen LogP contribution < -0.4 is 14.8 Å². The van der Waals surface area contributed by atoms with E-state index in [1.165, 1.54) is 0 Å². The van der Waals surface area contributed by atoms with Crippen molar-refractivity contribution in [1.82, 2.24) is 5.32 Å². The number of aliphatic imine (C=N–C) groups is 1. The number of carbonyl (C=O) groups is 1. The molecule has 6 heteroatoms. The van der Waals surface area contributed by atoms with Crippen molar-refractivity contribution >= 4 is 27.7 Å². The van der Waals surface area contributed by atoms with Gasteiger partial charge >= 0.3 is 6.03 Å². The van der Waals surface area contributed by atoms with Gasteiger partial charge in [-0.3, -0.25) is 0 Å². The number of fused-ring (bicyclic) bond motifs is 3. The molecule has 2 aliphatic rings. The van der Waals surface area contributed by atoms with Crippen molar-refractivity contribution in [3.63, 3.8) is 0 Å². The largest absolute Gasteiger partial charge is 0.496 e. The Balaban J connectivity index is 1.76. The third-order valence-electron chi connectivity index (χ3n) is 4.37. The zero-order valence-electron chi connectivity index (χ0n) is 13.0. The number of carbonyl (C=O) groups excluding carboxylic acids is 1. The number of ether oxygens (including phenoxy) is 2. The third-order valence-corrected chi connectivity index (χ3v) is 4.99. The van der Waals surface area contributed by atoms with Crippen molar-refractivity contribution in [1.29, 1.82) is 0 Å². The van der Waals surface area contributed by atoms with E-state index in [0.29, 0.717) is 6.61 Å². The number of halogens is 1. The number of hydrogen-bond acceptors (Lipinski definition) is 3. The number of benzene rings is 2. The fraction of sp³-hybridized carbons (Fsp3) is 0.222. The second kappa shape index (κ2) is 5.94. The summed E-state index contributed by atoms with van der Waals surface area (Å²) < 4.78 is 12.0. The maximum atomic E-state index is 12.1. The van der Waals surface area contributed by atoms with Crippen molar-refractivity contribution in [2.75, 3.05) is 13.7 Å². The monoisotopic (exact) mass is 386 g/mol. The van der Waals surface area contributed by atoms with E-state index in [2.05, 4.69) is 26.2 Å². The van der Waals surface area contributed by atoms with E-state index in [-0.39, 0.29) is 18.0 Å². The van der Waals surface area contributed by atoms with Gasteiger partial charge in [0.05, 0.1) is 35.9 Å². The molecule has 2 aromatic carbocycles. The molecule has 0 bridgehead atoms. The van der Waals surface area contributed by atoms with Crippen molar-refractivity contribution in [2.45, 2.75) is 6.04 Å². The van der Waals surface area contributed by atoms with E-state index < -0.39 is 0 Å². The first-order chi connectivity index (χ1) is 11.7. The molecule has 2 amide bonds. The summed E-state index contributed by atoms with van der Waals surface area (Å²) in [6.45, 7) is 0.477. The predicted octanol–water partition coefficient (Wildman–Crippen LogP) is 3.72. The number of amides is 2. The van der Waals surface area contributed by atoms with E-state index in [4.69, 9.17) is 9.47 Å². The van der Waals surface area contributed by atoms with Gasteiger partial charge in [0.2, 0.25) is 0 Å². The lowest BCUT2D eigenvalue weighted by Gasteiger charge is -2.36. The summed E-state index contributed by atoms with van der Waals surface area (Å²) in [4.78, 5) is 16.4. The van der Waals surface area contributed by atoms with Crippen LogP contribution in [-0.2, 0) is 0 Å². The molecule has 24 heavy (non-hydrogen) atoms. The Kier molecular flexibility index (Phi) is 3.76. The SMILES string of the molecule is COc1ccc(C2NC(=O)N=C3c4ccccc4OCC32)cc1Br. The first-order valence-electron chi connectivity index (χ1n) is 7.62. The fourth-order valence-corrected chi connectivity index (χ4v) is 3.78. The summed E-state index contributed by atoms with van der Waals surface area (Å²) in [6.07, 6.45) is 0. The highest BCUT2D eigenvalue weighted by atomic mass is 79.9. The molecule has 0 fully saturated rings. The molecule has 0 saturated carbocycles. The van der Waals surface area contributed by atoms with Crippen LogP contribution in [0.5, 0.6) is 11.5 Å². The quantitative estimate of drug-likeness (QED) is 0.855. The summed E-state index contributed by atoms with van der Waals surface area (Å²) in [5.41, 5.74) is 2.66. The molecular formula is C18H15BrN2O3. The number of nitrogens with zero attached hydrogens (tertiary/aromatic N) is 1. The highest BCUT2D eigenvalue weighted by molar-refractivity contribution is 9.10. The van der Waals surface area contributed by atoms with E-state index in [1.807, 2.05) is 42.5 Å². The second-order valence-electron chi connectivity index (χ2n) is 5.73. The number of urea groups is 1. The molecule has 0 aliphatic carbocycles. The summed E-state index contributed by atoms with van der Waals surface area (Å²) in [5, 5.41) is 2.96. The molecule has 2 unspecified atom stereocenters. The van der Waals surface area contributed by atoms with Crippen LogP contribution >= 0.6 is 15.9 Å². The first-order valence-corrected chi connectivity index (χ1v) is 8.41. The molecule has 0 saturated heterocycles. The highest BCUT2D eigenvalue weighted by Gasteiger charge is 2.38. The molecule has 4 rings (SSSR count). The Bertz CT molecular complexity index is 850. The minimum absolute atomic E-state index is 0.0297. The molecule has 2 aliphatic heterocycles. The normalized spacial score (nSPS) is 21.8. The van der Waals surface area contributed by atoms with Crippen LogP contribution in [0.4, 0.5) is 4.79 Å². The van der Waals surface area contributed by atoms with E-state index in [9.17, 15) is 4.79 Å². The molecule has 0 spiro atoms. The van der Waals surface area contributed by atoms with Gasteiger partial charge in [0, 0.05) is 5.56 Å². The second-order valence-corrected chi connectivity index (χ2v) is 6.59. The molecule has 0 aromatic heterocycles. The number of hydrogen-bond donors (Lipinski definition) is 1. The van der Waals surface area contributed by atoms with Gasteiger partial charge in [-0.25, -0.2) is 4.79 Å². The van der Waals surface area contributed by atoms with Gasteiger partial charge in [0.15, 0.2) is 0 Å². The maximum Gasteiger partial charge on any atom is 0.341 e. The average molecular weight is 387 g/mol. The molecule has 1 N–H and O–H groups in total. The van der Waals surface area contributed by atoms with E-state index in [1.54, 1.807) is 7.11 Å². The third kappa shape index (κ3) is 2.47. The van der Waals surface area contributed by atoms with Crippen LogP contribution in [0.2, 0.25) is 0 Å². The molecule has 5 nitrogen and oxygen atoms in total. The standard InChI is InChI=1S/C18H15BrN2O3/c1-23-15-7-6-10(8-13(15)19)16-12-9-24-14-5-3-2-4-11(14)17(12)21-18(22)20-16/h2-8,12,16H,9H2,1H3,(H,20,22). The Morgan fingerprint density at radius 1 is 1.29 bits per heavy atom. The Morgan fingerprint density at radius 2 is 2.12 bits per heavy atom. The molecule has 2 heterocycles. The van der Waals surface area contributed by atoms with Gasteiger partial charge in [0.1, 0.15) is 11.5 Å². The topological polar surface area (TPSA) is 59.9 Å². The van der Waals surface area contributed by atoms with Crippen molar-refractivity contribution in [2.24, 2.45) is 10.9 Å². The average Bonchev–Trinajstić information content (AvgIpc) is 2.61. The van der Waals surface area contributed by atoms with Crippen LogP contribution in [0, 0.1) is 5.92 Å². The highest BCUT2D eigenvalue weighted by Crippen LogP contribution is 2.38. The zero-order chi connectivity index (χ0) is 16.7. The minimum atomic E-state index is -0.324. The van der Waals surface area contributed by atoms with Gasteiger partial charge in [-0.1, -0.05) is 18.2 Å². The Labute approximate surface area is 147 Å². The van der Waals surface area contributed by atoms with Crippen LogP contribution in [0.3, 0.4) is 0 Å². The maximum absolute atomic E-state index is 12.1. The van der Waals surface area contributed by atoms with E-state index in [0.717, 1.165) is 32.8 Å². The number of methoxy groups -OCH3 is 1. The van der Waals surface area contributed by atoms with Gasteiger partial charge in [-0.05, 0) is 45.8 Å². The summed E-state index contributed by atoms with van der Waals surface area (Å²) >= 11 is 3.50. The molecule has 122 valence electrons. The van der Waals surface area contributed by atoms with Crippen molar-refractivity contribution in [3.8, 4) is 11.5 Å². The van der Waals surface area contributed by atoms with Gasteiger partial charge in [0.25, 0.3) is 0 Å². The zero-order valence-corrected chi connectivity index (χ0v) is 14.5. The van der Waals surface area contributed by atoms with Crippen LogP contribution in [0.15, 0.2) is 51.9 Å². The first kappa shape index (κ1) is 15.2. The van der Waals surface area contributed by atoms with Crippen LogP contribution in [0.25, 0.3) is 0 Å². The molecule has 2 aromatic rings. The molecular weight excluding hydrogens is 372 g/mol. The lowest BCUT2D eigenvalue weighted by atomic mass is 9.83. The predicted molar refractivity (Wildman–Crippen MR) is 93.9 cm³/mol.